The lowest BCUT2D eigenvalue weighted by Crippen LogP contribution is -2.32. The van der Waals surface area contributed by atoms with Crippen molar-refractivity contribution < 1.29 is 19.4 Å². The second-order valence-electron chi connectivity index (χ2n) is 9.14. The molecule has 0 saturated carbocycles. The van der Waals surface area contributed by atoms with E-state index in [0.29, 0.717) is 31.8 Å². The first-order valence-electron chi connectivity index (χ1n) is 12.4. The Labute approximate surface area is 206 Å². The number of carbonyl (C=O) groups excluding carboxylic acids is 1. The van der Waals surface area contributed by atoms with Gasteiger partial charge in [0.2, 0.25) is 6.29 Å². The molecule has 2 N–H and O–H groups in total. The molecule has 1 amide bonds. The van der Waals surface area contributed by atoms with Gasteiger partial charge in [-0.2, -0.15) is 0 Å². The Kier molecular flexibility index (Phi) is 7.26. The second kappa shape index (κ2) is 10.9. The quantitative estimate of drug-likeness (QED) is 0.336. The molecule has 0 fully saturated rings. The summed E-state index contributed by atoms with van der Waals surface area (Å²) in [5.74, 6) is 0.0568. The fourth-order valence-corrected chi connectivity index (χ4v) is 4.82. The van der Waals surface area contributed by atoms with Crippen LogP contribution in [0, 0.1) is 0 Å². The molecule has 5 nitrogen and oxygen atoms in total. The number of hydrogen-bond donors (Lipinski definition) is 2. The molecular formula is C30H31NO4. The van der Waals surface area contributed by atoms with E-state index in [-0.39, 0.29) is 18.4 Å². The van der Waals surface area contributed by atoms with Gasteiger partial charge in [-0.3, -0.25) is 4.79 Å². The monoisotopic (exact) mass is 469 g/mol. The molecular weight excluding hydrogens is 438 g/mol. The van der Waals surface area contributed by atoms with Crippen molar-refractivity contribution in [2.45, 2.75) is 44.4 Å². The molecule has 0 radical (unpaired) electrons. The van der Waals surface area contributed by atoms with Crippen molar-refractivity contribution in [1.82, 2.24) is 5.32 Å². The number of unbranched alkanes of at least 4 members (excludes halogenated alkanes) is 1. The van der Waals surface area contributed by atoms with Gasteiger partial charge in [0.25, 0.3) is 5.91 Å². The Morgan fingerprint density at radius 3 is 2.63 bits per heavy atom. The number of aliphatic hydroxyl groups is 1. The normalized spacial score (nSPS) is 18.3. The molecule has 1 aliphatic carbocycles. The van der Waals surface area contributed by atoms with Crippen LogP contribution in [0.15, 0.2) is 84.6 Å². The molecule has 0 unspecified atom stereocenters. The number of aliphatic hydroxyl groups excluding tert-OH is 1. The van der Waals surface area contributed by atoms with E-state index in [2.05, 4.69) is 47.8 Å². The summed E-state index contributed by atoms with van der Waals surface area (Å²) in [5, 5.41) is 12.0. The largest absolute Gasteiger partial charge is 0.459 e. The van der Waals surface area contributed by atoms with Gasteiger partial charge in [-0.05, 0) is 58.7 Å². The van der Waals surface area contributed by atoms with Crippen LogP contribution in [0.2, 0.25) is 0 Å². The number of ether oxygens (including phenoxy) is 2. The number of nitrogens with one attached hydrogen (secondary N) is 1. The van der Waals surface area contributed by atoms with E-state index in [1.165, 1.54) is 22.3 Å². The number of allylic oxidation sites excluding steroid dienone is 1. The Balaban J connectivity index is 1.36. The maximum atomic E-state index is 13.0. The maximum Gasteiger partial charge on any atom is 0.286 e. The highest BCUT2D eigenvalue weighted by molar-refractivity contribution is 5.91. The van der Waals surface area contributed by atoms with Crippen LogP contribution < -0.4 is 5.32 Å². The van der Waals surface area contributed by atoms with Crippen LogP contribution in [0.25, 0.3) is 11.1 Å². The number of amides is 1. The first-order chi connectivity index (χ1) is 17.2. The van der Waals surface area contributed by atoms with Crippen molar-refractivity contribution in [2.75, 3.05) is 13.2 Å². The average Bonchev–Trinajstić information content (AvgIpc) is 3.28. The Morgan fingerprint density at radius 1 is 0.971 bits per heavy atom. The molecule has 35 heavy (non-hydrogen) atoms. The van der Waals surface area contributed by atoms with Crippen molar-refractivity contribution >= 4 is 5.91 Å². The molecule has 2 atom stereocenters. The average molecular weight is 470 g/mol. The number of benzene rings is 3. The van der Waals surface area contributed by atoms with Crippen LogP contribution in [-0.4, -0.2) is 30.5 Å². The lowest BCUT2D eigenvalue weighted by molar-refractivity contribution is -0.146. The number of fused-ring (bicyclic) bond motifs is 3. The van der Waals surface area contributed by atoms with Crippen molar-refractivity contribution in [2.24, 2.45) is 0 Å². The van der Waals surface area contributed by atoms with Crippen molar-refractivity contribution in [3.8, 4) is 11.1 Å². The van der Waals surface area contributed by atoms with Crippen LogP contribution in [0.5, 0.6) is 0 Å². The van der Waals surface area contributed by atoms with Gasteiger partial charge < -0.3 is 19.9 Å². The SMILES string of the molecule is O=C(NCc1ccccc1)C1=C[C@@H](c2ccc3c(c2)-c2ccccc2C3)C[C@@H](OCCCCO)O1. The van der Waals surface area contributed by atoms with E-state index in [4.69, 9.17) is 14.6 Å². The minimum absolute atomic E-state index is 0.00197. The molecule has 180 valence electrons. The van der Waals surface area contributed by atoms with E-state index in [9.17, 15) is 4.79 Å². The second-order valence-corrected chi connectivity index (χ2v) is 9.14. The molecule has 2 aliphatic rings. The van der Waals surface area contributed by atoms with Crippen LogP contribution in [0.3, 0.4) is 0 Å². The first kappa shape index (κ1) is 23.3. The predicted octanol–water partition coefficient (Wildman–Crippen LogP) is 5.08. The molecule has 3 aromatic carbocycles. The third-order valence-corrected chi connectivity index (χ3v) is 6.68. The van der Waals surface area contributed by atoms with Gasteiger partial charge in [0.05, 0.1) is 6.61 Å². The van der Waals surface area contributed by atoms with Crippen molar-refractivity contribution in [1.29, 1.82) is 0 Å². The number of rotatable bonds is 9. The zero-order valence-corrected chi connectivity index (χ0v) is 19.8. The fraction of sp³-hybridized carbons (Fsp3) is 0.300. The van der Waals surface area contributed by atoms with Gasteiger partial charge >= 0.3 is 0 Å². The lowest BCUT2D eigenvalue weighted by Gasteiger charge is -2.29. The Hall–Kier alpha value is -3.41. The van der Waals surface area contributed by atoms with Gasteiger partial charge in [0, 0.05) is 25.5 Å². The number of carbonyl (C=O) groups is 1. The summed E-state index contributed by atoms with van der Waals surface area (Å²) >= 11 is 0. The summed E-state index contributed by atoms with van der Waals surface area (Å²) < 4.78 is 12.0. The third-order valence-electron chi connectivity index (χ3n) is 6.68. The minimum Gasteiger partial charge on any atom is -0.459 e. The summed E-state index contributed by atoms with van der Waals surface area (Å²) in [7, 11) is 0. The summed E-state index contributed by atoms with van der Waals surface area (Å²) in [5.41, 5.74) is 7.44. The van der Waals surface area contributed by atoms with Crippen LogP contribution in [-0.2, 0) is 27.2 Å². The van der Waals surface area contributed by atoms with E-state index in [1.807, 2.05) is 36.4 Å². The smallest absolute Gasteiger partial charge is 0.286 e. The first-order valence-corrected chi connectivity index (χ1v) is 12.4. The Bertz CT molecular complexity index is 1200. The summed E-state index contributed by atoms with van der Waals surface area (Å²) in [4.78, 5) is 13.0. The highest BCUT2D eigenvalue weighted by Crippen LogP contribution is 2.40. The molecule has 0 aromatic heterocycles. The number of hydrogen-bond acceptors (Lipinski definition) is 4. The topological polar surface area (TPSA) is 67.8 Å². The van der Waals surface area contributed by atoms with E-state index < -0.39 is 6.29 Å². The summed E-state index contributed by atoms with van der Waals surface area (Å²) in [6.07, 6.45) is 4.43. The van der Waals surface area contributed by atoms with Gasteiger partial charge in [0.15, 0.2) is 5.76 Å². The van der Waals surface area contributed by atoms with Gasteiger partial charge in [-0.25, -0.2) is 0 Å². The standard InChI is InChI=1S/C30H31NO4/c32-14-6-7-15-34-29-19-25(18-28(35-29)30(33)31-20-21-8-2-1-3-9-21)22-12-13-24-16-23-10-4-5-11-26(23)27(24)17-22/h1-5,8-13,17-18,25,29,32H,6-7,14-16,19-20H2,(H,31,33)/t25-,29+/m1/s1. The summed E-state index contributed by atoms with van der Waals surface area (Å²) in [6, 6.07) is 25.0. The third kappa shape index (κ3) is 5.47. The minimum atomic E-state index is -0.512. The zero-order chi connectivity index (χ0) is 24.0. The zero-order valence-electron chi connectivity index (χ0n) is 19.8. The highest BCUT2D eigenvalue weighted by Gasteiger charge is 2.29. The van der Waals surface area contributed by atoms with Gasteiger partial charge in [0.1, 0.15) is 0 Å². The molecule has 5 heteroatoms. The van der Waals surface area contributed by atoms with Crippen LogP contribution >= 0.6 is 0 Å². The van der Waals surface area contributed by atoms with E-state index >= 15 is 0 Å². The predicted molar refractivity (Wildman–Crippen MR) is 136 cm³/mol. The van der Waals surface area contributed by atoms with Crippen molar-refractivity contribution in [3.63, 3.8) is 0 Å². The van der Waals surface area contributed by atoms with E-state index in [0.717, 1.165) is 24.0 Å². The molecule has 5 rings (SSSR count). The van der Waals surface area contributed by atoms with Gasteiger partial charge in [-0.15, -0.1) is 0 Å². The van der Waals surface area contributed by atoms with Gasteiger partial charge in [-0.1, -0.05) is 72.8 Å². The molecule has 1 heterocycles. The molecule has 0 spiro atoms. The lowest BCUT2D eigenvalue weighted by atomic mass is 9.90. The van der Waals surface area contributed by atoms with Crippen LogP contribution in [0.4, 0.5) is 0 Å². The maximum absolute atomic E-state index is 13.0. The fourth-order valence-electron chi connectivity index (χ4n) is 4.82. The van der Waals surface area contributed by atoms with Crippen LogP contribution in [0.1, 0.15) is 47.4 Å². The molecule has 3 aromatic rings. The van der Waals surface area contributed by atoms with E-state index in [1.54, 1.807) is 0 Å². The van der Waals surface area contributed by atoms with Crippen molar-refractivity contribution in [3.05, 3.63) is 107 Å². The molecule has 0 bridgehead atoms. The summed E-state index contributed by atoms with van der Waals surface area (Å²) in [6.45, 7) is 1.05. The molecule has 1 aliphatic heterocycles. The molecule has 0 saturated heterocycles. The highest BCUT2D eigenvalue weighted by atomic mass is 16.7. The Morgan fingerprint density at radius 2 is 1.77 bits per heavy atom.